The van der Waals surface area contributed by atoms with Crippen LogP contribution in [0.3, 0.4) is 0 Å². The Kier molecular flexibility index (Phi) is 3.12. The Morgan fingerprint density at radius 3 is 2.00 bits per heavy atom. The van der Waals surface area contributed by atoms with Crippen molar-refractivity contribution in [1.29, 1.82) is 0 Å². The van der Waals surface area contributed by atoms with Crippen LogP contribution in [-0.2, 0) is 14.3 Å². The number of imide groups is 1. The van der Waals surface area contributed by atoms with Gasteiger partial charge in [-0.05, 0) is 61.7 Å². The predicted octanol–water partition coefficient (Wildman–Crippen LogP) is 0.949. The summed E-state index contributed by atoms with van der Waals surface area (Å²) < 4.78 is 4.93. The fourth-order valence-electron chi connectivity index (χ4n) is 5.68. The second-order valence-electron chi connectivity index (χ2n) is 7.69. The minimum Gasteiger partial charge on any atom is -0.391 e. The van der Waals surface area contributed by atoms with Crippen molar-refractivity contribution in [3.63, 3.8) is 0 Å². The zero-order valence-electron chi connectivity index (χ0n) is 12.3. The molecule has 1 saturated heterocycles. The normalized spacial score (nSPS) is 43.5. The molecule has 5 heteroatoms. The van der Waals surface area contributed by atoms with Crippen LogP contribution < -0.4 is 0 Å². The van der Waals surface area contributed by atoms with Gasteiger partial charge in [-0.1, -0.05) is 0 Å². The molecule has 4 bridgehead atoms. The lowest BCUT2D eigenvalue weighted by Gasteiger charge is -2.58. The molecule has 0 radical (unpaired) electrons. The van der Waals surface area contributed by atoms with Gasteiger partial charge in [0, 0.05) is 0 Å². The first-order valence-corrected chi connectivity index (χ1v) is 8.15. The standard InChI is InChI=1S/C16H23NO4/c18-13(7-17-14(19)8-21-9-15(17)20)16-4-10-1-11(5-16)3-12(2-10)6-16/h10-13,18H,1-9H2. The molecule has 0 aromatic heterocycles. The molecule has 1 unspecified atom stereocenters. The van der Waals surface area contributed by atoms with Gasteiger partial charge >= 0.3 is 0 Å². The van der Waals surface area contributed by atoms with E-state index in [9.17, 15) is 14.7 Å². The lowest BCUT2D eigenvalue weighted by Crippen LogP contribution is -2.57. The number of β-amino-alcohol motifs (C(OH)–C–C–N with tert-alkyl or cyclic N) is 1. The van der Waals surface area contributed by atoms with Crippen LogP contribution in [-0.4, -0.2) is 47.7 Å². The summed E-state index contributed by atoms with van der Waals surface area (Å²) in [6.45, 7) is 0.0753. The van der Waals surface area contributed by atoms with E-state index in [2.05, 4.69) is 0 Å². The molecule has 21 heavy (non-hydrogen) atoms. The van der Waals surface area contributed by atoms with Crippen LogP contribution in [0.1, 0.15) is 38.5 Å². The Balaban J connectivity index is 1.50. The lowest BCUT2D eigenvalue weighted by molar-refractivity contribution is -0.166. The quantitative estimate of drug-likeness (QED) is 0.787. The van der Waals surface area contributed by atoms with Gasteiger partial charge in [-0.3, -0.25) is 14.5 Å². The number of carbonyl (C=O) groups excluding carboxylic acids is 2. The predicted molar refractivity (Wildman–Crippen MR) is 74.2 cm³/mol. The van der Waals surface area contributed by atoms with E-state index < -0.39 is 6.10 Å². The first kappa shape index (κ1) is 13.7. The van der Waals surface area contributed by atoms with E-state index in [4.69, 9.17) is 4.74 Å². The van der Waals surface area contributed by atoms with Gasteiger partial charge < -0.3 is 9.84 Å². The molecular formula is C16H23NO4. The molecule has 1 heterocycles. The van der Waals surface area contributed by atoms with Crippen LogP contribution in [0.4, 0.5) is 0 Å². The average Bonchev–Trinajstić information content (AvgIpc) is 2.41. The highest BCUT2D eigenvalue weighted by Crippen LogP contribution is 2.61. The highest BCUT2D eigenvalue weighted by atomic mass is 16.5. The maximum Gasteiger partial charge on any atom is 0.255 e. The van der Waals surface area contributed by atoms with E-state index in [1.165, 1.54) is 24.2 Å². The van der Waals surface area contributed by atoms with Crippen molar-refractivity contribution < 1.29 is 19.4 Å². The first-order valence-electron chi connectivity index (χ1n) is 8.15. The summed E-state index contributed by atoms with van der Waals surface area (Å²) in [5.41, 5.74) is -0.0480. The number of morpholine rings is 1. The van der Waals surface area contributed by atoms with Gasteiger partial charge in [-0.25, -0.2) is 0 Å². The SMILES string of the molecule is O=C1COCC(=O)N1CC(O)C12CC3CC(CC(C3)C1)C2. The van der Waals surface area contributed by atoms with E-state index in [0.29, 0.717) is 0 Å². The molecule has 0 spiro atoms. The highest BCUT2D eigenvalue weighted by molar-refractivity contribution is 5.98. The monoisotopic (exact) mass is 293 g/mol. The van der Waals surface area contributed by atoms with Gasteiger partial charge in [0.2, 0.25) is 0 Å². The van der Waals surface area contributed by atoms with Crippen LogP contribution in [0, 0.1) is 23.2 Å². The minimum atomic E-state index is -0.572. The van der Waals surface area contributed by atoms with Crippen LogP contribution in [0.25, 0.3) is 0 Å². The number of aliphatic hydroxyl groups is 1. The summed E-state index contributed by atoms with van der Waals surface area (Å²) in [5, 5.41) is 10.8. The van der Waals surface area contributed by atoms with Crippen molar-refractivity contribution in [3.05, 3.63) is 0 Å². The molecule has 0 aromatic carbocycles. The minimum absolute atomic E-state index is 0.0423. The molecule has 1 aliphatic heterocycles. The largest absolute Gasteiger partial charge is 0.391 e. The number of amides is 2. The molecule has 5 rings (SSSR count). The number of nitrogens with zero attached hydrogens (tertiary/aromatic N) is 1. The second kappa shape index (κ2) is 4.78. The fraction of sp³-hybridized carbons (Fsp3) is 0.875. The third kappa shape index (κ3) is 2.21. The first-order chi connectivity index (χ1) is 10.1. The maximum atomic E-state index is 11.8. The summed E-state index contributed by atoms with van der Waals surface area (Å²) in [5.74, 6) is 1.64. The Morgan fingerprint density at radius 1 is 1.05 bits per heavy atom. The van der Waals surface area contributed by atoms with E-state index >= 15 is 0 Å². The van der Waals surface area contributed by atoms with Crippen LogP contribution in [0.5, 0.6) is 0 Å². The highest BCUT2D eigenvalue weighted by Gasteiger charge is 2.54. The van der Waals surface area contributed by atoms with Gasteiger partial charge in [0.15, 0.2) is 0 Å². The molecule has 2 amide bonds. The van der Waals surface area contributed by atoms with E-state index in [1.54, 1.807) is 0 Å². The van der Waals surface area contributed by atoms with Gasteiger partial charge in [-0.15, -0.1) is 0 Å². The fourth-order valence-corrected chi connectivity index (χ4v) is 5.68. The molecule has 4 saturated carbocycles. The topological polar surface area (TPSA) is 66.8 Å². The molecular weight excluding hydrogens is 270 g/mol. The Hall–Kier alpha value is -0.940. The number of hydrogen-bond acceptors (Lipinski definition) is 4. The Morgan fingerprint density at radius 2 is 1.52 bits per heavy atom. The van der Waals surface area contributed by atoms with Crippen molar-refractivity contribution in [2.24, 2.45) is 23.2 Å². The average molecular weight is 293 g/mol. The van der Waals surface area contributed by atoms with Crippen molar-refractivity contribution in [2.75, 3.05) is 19.8 Å². The molecule has 116 valence electrons. The van der Waals surface area contributed by atoms with Crippen molar-refractivity contribution in [1.82, 2.24) is 4.90 Å². The summed E-state index contributed by atoms with van der Waals surface area (Å²) in [7, 11) is 0. The third-order valence-corrected chi connectivity index (χ3v) is 6.20. The number of ether oxygens (including phenoxy) is 1. The number of aliphatic hydroxyl groups excluding tert-OH is 1. The smallest absolute Gasteiger partial charge is 0.255 e. The van der Waals surface area contributed by atoms with Gasteiger partial charge in [0.25, 0.3) is 11.8 Å². The molecule has 5 nitrogen and oxygen atoms in total. The van der Waals surface area contributed by atoms with Gasteiger partial charge in [0.1, 0.15) is 13.2 Å². The molecule has 1 N–H and O–H groups in total. The molecule has 4 aliphatic carbocycles. The summed E-state index contributed by atoms with van der Waals surface area (Å²) in [6.07, 6.45) is 6.62. The molecule has 1 atom stereocenters. The third-order valence-electron chi connectivity index (χ3n) is 6.20. The van der Waals surface area contributed by atoms with Crippen molar-refractivity contribution in [2.45, 2.75) is 44.6 Å². The van der Waals surface area contributed by atoms with E-state index in [0.717, 1.165) is 37.0 Å². The van der Waals surface area contributed by atoms with Crippen molar-refractivity contribution in [3.8, 4) is 0 Å². The van der Waals surface area contributed by atoms with Gasteiger partial charge in [0.05, 0.1) is 12.6 Å². The number of carbonyl (C=O) groups is 2. The maximum absolute atomic E-state index is 11.8. The second-order valence-corrected chi connectivity index (χ2v) is 7.69. The molecule has 5 fully saturated rings. The van der Waals surface area contributed by atoms with Crippen LogP contribution >= 0.6 is 0 Å². The van der Waals surface area contributed by atoms with Crippen LogP contribution in [0.2, 0.25) is 0 Å². The van der Waals surface area contributed by atoms with E-state index in [1.807, 2.05) is 0 Å². The zero-order chi connectivity index (χ0) is 14.6. The lowest BCUT2D eigenvalue weighted by atomic mass is 9.48. The van der Waals surface area contributed by atoms with Crippen molar-refractivity contribution >= 4 is 11.8 Å². The molecule has 5 aliphatic rings. The Bertz CT molecular complexity index is 424. The van der Waals surface area contributed by atoms with E-state index in [-0.39, 0.29) is 37.0 Å². The molecule has 0 aromatic rings. The summed E-state index contributed by atoms with van der Waals surface area (Å²) in [6, 6.07) is 0. The summed E-state index contributed by atoms with van der Waals surface area (Å²) >= 11 is 0. The van der Waals surface area contributed by atoms with Crippen LogP contribution in [0.15, 0.2) is 0 Å². The Labute approximate surface area is 124 Å². The summed E-state index contributed by atoms with van der Waals surface area (Å²) in [4.78, 5) is 24.9. The number of rotatable bonds is 3. The number of hydrogen-bond donors (Lipinski definition) is 1. The van der Waals surface area contributed by atoms with Gasteiger partial charge in [-0.2, -0.15) is 0 Å². The zero-order valence-corrected chi connectivity index (χ0v) is 12.3.